The quantitative estimate of drug-likeness (QED) is 0.821. The summed E-state index contributed by atoms with van der Waals surface area (Å²) in [5.41, 5.74) is 0.732. The van der Waals surface area contributed by atoms with Crippen LogP contribution in [0.4, 0.5) is 0 Å². The van der Waals surface area contributed by atoms with Gasteiger partial charge in [-0.05, 0) is 62.9 Å². The summed E-state index contributed by atoms with van der Waals surface area (Å²) in [4.78, 5) is 0. The maximum absolute atomic E-state index is 6.13. The lowest BCUT2D eigenvalue weighted by Crippen LogP contribution is -2.54. The van der Waals surface area contributed by atoms with Crippen molar-refractivity contribution in [3.8, 4) is 0 Å². The Bertz CT molecular complexity index is 308. The molecule has 2 heteroatoms. The van der Waals surface area contributed by atoms with E-state index >= 15 is 0 Å². The van der Waals surface area contributed by atoms with E-state index < -0.39 is 0 Å². The molecule has 19 heavy (non-hydrogen) atoms. The zero-order chi connectivity index (χ0) is 13.3. The molecule has 2 heterocycles. The zero-order valence-corrected chi connectivity index (χ0v) is 12.8. The smallest absolute Gasteiger partial charge is 0.0657 e. The van der Waals surface area contributed by atoms with E-state index in [2.05, 4.69) is 19.2 Å². The zero-order valence-electron chi connectivity index (χ0n) is 12.8. The van der Waals surface area contributed by atoms with Crippen molar-refractivity contribution in [3.05, 3.63) is 0 Å². The highest BCUT2D eigenvalue weighted by Crippen LogP contribution is 2.53. The Labute approximate surface area is 118 Å². The summed E-state index contributed by atoms with van der Waals surface area (Å²) in [6.07, 6.45) is 11.1. The second-order valence-electron chi connectivity index (χ2n) is 7.55. The molecule has 0 aromatic carbocycles. The predicted molar refractivity (Wildman–Crippen MR) is 79.2 cm³/mol. The van der Waals surface area contributed by atoms with E-state index in [0.29, 0.717) is 5.41 Å². The van der Waals surface area contributed by atoms with Gasteiger partial charge in [-0.2, -0.15) is 0 Å². The van der Waals surface area contributed by atoms with Crippen LogP contribution in [0.1, 0.15) is 65.2 Å². The van der Waals surface area contributed by atoms with Crippen molar-refractivity contribution >= 4 is 0 Å². The molecule has 3 aliphatic rings. The molecule has 1 saturated carbocycles. The Morgan fingerprint density at radius 3 is 2.74 bits per heavy atom. The first-order valence-electron chi connectivity index (χ1n) is 8.52. The second kappa shape index (κ2) is 5.37. The third-order valence-electron chi connectivity index (χ3n) is 6.44. The number of hydrogen-bond acceptors (Lipinski definition) is 2. The molecular formula is C17H31NO. The lowest BCUT2D eigenvalue weighted by Gasteiger charge is -2.54. The van der Waals surface area contributed by atoms with Crippen LogP contribution >= 0.6 is 0 Å². The maximum atomic E-state index is 6.13. The van der Waals surface area contributed by atoms with E-state index in [4.69, 9.17) is 4.74 Å². The van der Waals surface area contributed by atoms with E-state index in [0.717, 1.165) is 18.4 Å². The minimum atomic E-state index is 0.145. The number of rotatable bonds is 2. The average molecular weight is 265 g/mol. The van der Waals surface area contributed by atoms with Crippen molar-refractivity contribution < 1.29 is 4.74 Å². The summed E-state index contributed by atoms with van der Waals surface area (Å²) in [7, 11) is 0. The van der Waals surface area contributed by atoms with Crippen molar-refractivity contribution in [2.45, 2.75) is 70.8 Å². The lowest BCUT2D eigenvalue weighted by atomic mass is 9.58. The predicted octanol–water partition coefficient (Wildman–Crippen LogP) is 3.75. The Kier molecular flexibility index (Phi) is 3.92. The Morgan fingerprint density at radius 2 is 2.00 bits per heavy atom. The minimum absolute atomic E-state index is 0.145. The van der Waals surface area contributed by atoms with Gasteiger partial charge < -0.3 is 10.1 Å². The van der Waals surface area contributed by atoms with Gasteiger partial charge in [-0.15, -0.1) is 0 Å². The lowest BCUT2D eigenvalue weighted by molar-refractivity contribution is -0.147. The van der Waals surface area contributed by atoms with E-state index in [9.17, 15) is 0 Å². The molecule has 3 fully saturated rings. The van der Waals surface area contributed by atoms with Crippen LogP contribution in [0, 0.1) is 17.3 Å². The summed E-state index contributed by atoms with van der Waals surface area (Å²) in [5, 5.41) is 3.69. The van der Waals surface area contributed by atoms with Gasteiger partial charge in [0.1, 0.15) is 0 Å². The highest BCUT2D eigenvalue weighted by Gasteiger charge is 2.50. The summed E-state index contributed by atoms with van der Waals surface area (Å²) in [6, 6.07) is 0. The van der Waals surface area contributed by atoms with E-state index in [1.54, 1.807) is 0 Å². The molecule has 0 bridgehead atoms. The molecule has 0 aromatic heterocycles. The molecule has 3 unspecified atom stereocenters. The van der Waals surface area contributed by atoms with Crippen LogP contribution in [0.15, 0.2) is 0 Å². The molecule has 0 radical (unpaired) electrons. The fraction of sp³-hybridized carbons (Fsp3) is 1.00. The van der Waals surface area contributed by atoms with Gasteiger partial charge >= 0.3 is 0 Å². The number of nitrogens with one attached hydrogen (secondary N) is 1. The summed E-state index contributed by atoms with van der Waals surface area (Å²) in [5.74, 6) is 1.91. The van der Waals surface area contributed by atoms with Gasteiger partial charge in [0.15, 0.2) is 0 Å². The Hall–Kier alpha value is -0.0800. The first-order valence-corrected chi connectivity index (χ1v) is 8.52. The number of ether oxygens (including phenoxy) is 1. The van der Waals surface area contributed by atoms with Gasteiger partial charge in [-0.3, -0.25) is 0 Å². The fourth-order valence-corrected chi connectivity index (χ4v) is 5.17. The highest BCUT2D eigenvalue weighted by molar-refractivity contribution is 5.01. The van der Waals surface area contributed by atoms with Gasteiger partial charge in [0.25, 0.3) is 0 Å². The van der Waals surface area contributed by atoms with Crippen LogP contribution in [0.5, 0.6) is 0 Å². The van der Waals surface area contributed by atoms with Crippen molar-refractivity contribution in [1.82, 2.24) is 5.32 Å². The standard InChI is InChI=1S/C17H31NO/c1-3-16(2)13-17(9-11-19-16)8-10-18-12-15(17)14-6-4-5-7-14/h14-15,18H,3-13H2,1-2H3. The minimum Gasteiger partial charge on any atom is -0.375 e. The first kappa shape index (κ1) is 13.9. The third-order valence-corrected chi connectivity index (χ3v) is 6.44. The summed E-state index contributed by atoms with van der Waals surface area (Å²) >= 11 is 0. The SMILES string of the molecule is CCC1(C)CC2(CCNCC2C2CCCC2)CCO1. The van der Waals surface area contributed by atoms with E-state index in [-0.39, 0.29) is 5.60 Å². The molecule has 3 atom stereocenters. The third kappa shape index (κ3) is 2.58. The molecular weight excluding hydrogens is 234 g/mol. The van der Waals surface area contributed by atoms with Crippen LogP contribution in [-0.4, -0.2) is 25.3 Å². The van der Waals surface area contributed by atoms with Crippen LogP contribution in [0.25, 0.3) is 0 Å². The Morgan fingerprint density at radius 1 is 1.21 bits per heavy atom. The topological polar surface area (TPSA) is 21.3 Å². The molecule has 3 rings (SSSR count). The van der Waals surface area contributed by atoms with Crippen molar-refractivity contribution in [2.24, 2.45) is 17.3 Å². The molecule has 2 nitrogen and oxygen atoms in total. The monoisotopic (exact) mass is 265 g/mol. The number of piperidine rings is 1. The Balaban J connectivity index is 1.81. The summed E-state index contributed by atoms with van der Waals surface area (Å²) < 4.78 is 6.13. The van der Waals surface area contributed by atoms with Crippen molar-refractivity contribution in [2.75, 3.05) is 19.7 Å². The van der Waals surface area contributed by atoms with Gasteiger partial charge in [0, 0.05) is 6.61 Å². The van der Waals surface area contributed by atoms with Crippen LogP contribution < -0.4 is 5.32 Å². The fourth-order valence-electron chi connectivity index (χ4n) is 5.17. The van der Waals surface area contributed by atoms with Crippen LogP contribution in [0.2, 0.25) is 0 Å². The normalized spacial score (nSPS) is 44.8. The van der Waals surface area contributed by atoms with Crippen molar-refractivity contribution in [1.29, 1.82) is 0 Å². The molecule has 110 valence electrons. The van der Waals surface area contributed by atoms with Gasteiger partial charge in [-0.25, -0.2) is 0 Å². The number of hydrogen-bond donors (Lipinski definition) is 1. The van der Waals surface area contributed by atoms with Crippen LogP contribution in [-0.2, 0) is 4.74 Å². The molecule has 1 N–H and O–H groups in total. The maximum Gasteiger partial charge on any atom is 0.0657 e. The molecule has 0 aromatic rings. The second-order valence-corrected chi connectivity index (χ2v) is 7.55. The molecule has 2 saturated heterocycles. The van der Waals surface area contributed by atoms with E-state index in [1.807, 2.05) is 0 Å². The first-order chi connectivity index (χ1) is 9.18. The van der Waals surface area contributed by atoms with Crippen LogP contribution in [0.3, 0.4) is 0 Å². The van der Waals surface area contributed by atoms with Gasteiger partial charge in [-0.1, -0.05) is 32.6 Å². The summed E-state index contributed by atoms with van der Waals surface area (Å²) in [6.45, 7) is 8.13. The van der Waals surface area contributed by atoms with Gasteiger partial charge in [0.2, 0.25) is 0 Å². The van der Waals surface area contributed by atoms with Crippen molar-refractivity contribution in [3.63, 3.8) is 0 Å². The largest absolute Gasteiger partial charge is 0.375 e. The molecule has 1 aliphatic carbocycles. The van der Waals surface area contributed by atoms with E-state index in [1.165, 1.54) is 64.5 Å². The molecule has 1 spiro atoms. The van der Waals surface area contributed by atoms with Gasteiger partial charge in [0.05, 0.1) is 5.60 Å². The molecule has 2 aliphatic heterocycles. The highest BCUT2D eigenvalue weighted by atomic mass is 16.5. The molecule has 0 amide bonds. The average Bonchev–Trinajstić information content (AvgIpc) is 2.93.